The van der Waals surface area contributed by atoms with Crippen molar-refractivity contribution in [2.75, 3.05) is 5.32 Å². The number of fused-ring (bicyclic) bond motifs is 3. The third-order valence-corrected chi connectivity index (χ3v) is 5.01. The first kappa shape index (κ1) is 15.3. The minimum absolute atomic E-state index is 0.0233. The number of hydrogen-bond donors (Lipinski definition) is 1. The highest BCUT2D eigenvalue weighted by atomic mass is 16.6. The molecule has 1 N–H and O–H groups in total. The molecule has 0 saturated carbocycles. The highest BCUT2D eigenvalue weighted by Crippen LogP contribution is 2.52. The van der Waals surface area contributed by atoms with Crippen molar-refractivity contribution in [3.63, 3.8) is 0 Å². The van der Waals surface area contributed by atoms with Crippen molar-refractivity contribution >= 4 is 17.1 Å². The fraction of sp³-hybridized carbons (Fsp3) is 0.222. The Morgan fingerprint density at radius 3 is 2.60 bits per heavy atom. The van der Waals surface area contributed by atoms with Crippen molar-refractivity contribution in [2.45, 2.75) is 18.4 Å². The lowest BCUT2D eigenvalue weighted by atomic mass is 9.76. The van der Waals surface area contributed by atoms with Gasteiger partial charge in [0.15, 0.2) is 0 Å². The molecule has 2 aliphatic rings. The molecule has 126 valence electrons. The van der Waals surface area contributed by atoms with Gasteiger partial charge in [0, 0.05) is 24.1 Å². The number of nitro groups is 2. The third-order valence-electron chi connectivity index (χ3n) is 5.01. The van der Waals surface area contributed by atoms with Crippen LogP contribution in [0, 0.1) is 26.1 Å². The maximum Gasteiger partial charge on any atom is 0.292 e. The van der Waals surface area contributed by atoms with Gasteiger partial charge >= 0.3 is 0 Å². The zero-order valence-electron chi connectivity index (χ0n) is 13.2. The van der Waals surface area contributed by atoms with E-state index < -0.39 is 9.85 Å². The maximum atomic E-state index is 11.4. The van der Waals surface area contributed by atoms with Gasteiger partial charge in [-0.3, -0.25) is 20.2 Å². The number of rotatable bonds is 3. The number of nitrogens with zero attached hydrogens (tertiary/aromatic N) is 2. The summed E-state index contributed by atoms with van der Waals surface area (Å²) in [7, 11) is 0. The topological polar surface area (TPSA) is 98.3 Å². The molecule has 1 heterocycles. The predicted octanol–water partition coefficient (Wildman–Crippen LogP) is 4.33. The molecule has 0 bridgehead atoms. The molecule has 0 aromatic heterocycles. The second-order valence-corrected chi connectivity index (χ2v) is 6.33. The average molecular weight is 337 g/mol. The first-order chi connectivity index (χ1) is 12.1. The first-order valence-electron chi connectivity index (χ1n) is 8.01. The fourth-order valence-corrected chi connectivity index (χ4v) is 3.92. The van der Waals surface area contributed by atoms with Gasteiger partial charge in [-0.2, -0.15) is 0 Å². The summed E-state index contributed by atoms with van der Waals surface area (Å²) in [4.78, 5) is 21.7. The van der Waals surface area contributed by atoms with E-state index >= 15 is 0 Å². The summed E-state index contributed by atoms with van der Waals surface area (Å²) in [6.45, 7) is 0. The minimum Gasteiger partial charge on any atom is -0.372 e. The lowest BCUT2D eigenvalue weighted by Gasteiger charge is -2.37. The van der Waals surface area contributed by atoms with Crippen LogP contribution in [0.1, 0.15) is 29.5 Å². The second-order valence-electron chi connectivity index (χ2n) is 6.33. The van der Waals surface area contributed by atoms with Gasteiger partial charge < -0.3 is 5.32 Å². The summed E-state index contributed by atoms with van der Waals surface area (Å²) in [5, 5.41) is 25.8. The van der Waals surface area contributed by atoms with Gasteiger partial charge in [0.05, 0.1) is 15.9 Å². The quantitative estimate of drug-likeness (QED) is 0.510. The van der Waals surface area contributed by atoms with Gasteiger partial charge in [0.2, 0.25) is 0 Å². The van der Waals surface area contributed by atoms with Crippen molar-refractivity contribution in [1.82, 2.24) is 0 Å². The van der Waals surface area contributed by atoms with E-state index in [9.17, 15) is 20.2 Å². The first-order valence-corrected chi connectivity index (χ1v) is 8.01. The minimum atomic E-state index is -0.424. The van der Waals surface area contributed by atoms with Crippen LogP contribution in [0.4, 0.5) is 17.1 Å². The smallest absolute Gasteiger partial charge is 0.292 e. The van der Waals surface area contributed by atoms with Gasteiger partial charge in [-0.1, -0.05) is 36.4 Å². The van der Waals surface area contributed by atoms with Gasteiger partial charge in [-0.15, -0.1) is 0 Å². The molecule has 0 amide bonds. The van der Waals surface area contributed by atoms with E-state index in [0.717, 1.165) is 17.5 Å². The maximum absolute atomic E-state index is 11.4. The van der Waals surface area contributed by atoms with E-state index in [2.05, 4.69) is 17.5 Å². The average Bonchev–Trinajstić information content (AvgIpc) is 3.10. The molecule has 0 spiro atoms. The molecule has 0 radical (unpaired) electrons. The third kappa shape index (κ3) is 2.44. The van der Waals surface area contributed by atoms with E-state index in [-0.39, 0.29) is 29.3 Å². The lowest BCUT2D eigenvalue weighted by molar-refractivity contribution is -0.384. The SMILES string of the molecule is O=[N+]([O-])c1cccc([C@@H]2Nc3c(cccc3[N+](=O)[O-])[C@H]3C=CC[C@@H]32)c1. The monoisotopic (exact) mass is 337 g/mol. The Kier molecular flexibility index (Phi) is 3.49. The van der Waals surface area contributed by atoms with Crippen LogP contribution < -0.4 is 5.32 Å². The molecule has 0 fully saturated rings. The van der Waals surface area contributed by atoms with E-state index in [0.29, 0.717) is 5.69 Å². The molecular formula is C18H15N3O4. The Bertz CT molecular complexity index is 909. The van der Waals surface area contributed by atoms with E-state index in [4.69, 9.17) is 0 Å². The van der Waals surface area contributed by atoms with Crippen LogP contribution >= 0.6 is 0 Å². The molecule has 1 aliphatic heterocycles. The molecule has 7 heteroatoms. The van der Waals surface area contributed by atoms with E-state index in [1.54, 1.807) is 18.2 Å². The zero-order valence-corrected chi connectivity index (χ0v) is 13.2. The van der Waals surface area contributed by atoms with Gasteiger partial charge in [-0.25, -0.2) is 0 Å². The van der Waals surface area contributed by atoms with Crippen LogP contribution in [0.3, 0.4) is 0 Å². The Labute approximate surface area is 143 Å². The highest BCUT2D eigenvalue weighted by Gasteiger charge is 2.40. The highest BCUT2D eigenvalue weighted by molar-refractivity contribution is 5.71. The molecule has 7 nitrogen and oxygen atoms in total. The summed E-state index contributed by atoms with van der Waals surface area (Å²) in [6.07, 6.45) is 4.99. The predicted molar refractivity (Wildman–Crippen MR) is 92.5 cm³/mol. The molecule has 2 aromatic carbocycles. The number of benzene rings is 2. The molecular weight excluding hydrogens is 322 g/mol. The van der Waals surface area contributed by atoms with Crippen LogP contribution in [-0.2, 0) is 0 Å². The van der Waals surface area contributed by atoms with Crippen molar-refractivity contribution in [1.29, 1.82) is 0 Å². The van der Waals surface area contributed by atoms with E-state index in [1.165, 1.54) is 12.1 Å². The van der Waals surface area contributed by atoms with Crippen LogP contribution in [0.15, 0.2) is 54.6 Å². The summed E-state index contributed by atoms with van der Waals surface area (Å²) in [5.74, 6) is 0.247. The van der Waals surface area contributed by atoms with Gasteiger partial charge in [0.1, 0.15) is 5.69 Å². The van der Waals surface area contributed by atoms with Crippen molar-refractivity contribution in [2.24, 2.45) is 5.92 Å². The summed E-state index contributed by atoms with van der Waals surface area (Å²) >= 11 is 0. The Morgan fingerprint density at radius 2 is 1.84 bits per heavy atom. The number of hydrogen-bond acceptors (Lipinski definition) is 5. The zero-order chi connectivity index (χ0) is 17.6. The number of allylic oxidation sites excluding steroid dienone is 2. The van der Waals surface area contributed by atoms with Crippen LogP contribution in [-0.4, -0.2) is 9.85 Å². The molecule has 3 atom stereocenters. The molecule has 2 aromatic rings. The molecule has 1 aliphatic carbocycles. The molecule has 25 heavy (non-hydrogen) atoms. The number of non-ortho nitro benzene ring substituents is 1. The molecule has 0 unspecified atom stereocenters. The fourth-order valence-electron chi connectivity index (χ4n) is 3.92. The van der Waals surface area contributed by atoms with E-state index in [1.807, 2.05) is 12.1 Å². The van der Waals surface area contributed by atoms with Gasteiger partial charge in [0.25, 0.3) is 11.4 Å². The largest absolute Gasteiger partial charge is 0.372 e. The summed E-state index contributed by atoms with van der Waals surface area (Å²) in [6, 6.07) is 11.4. The van der Waals surface area contributed by atoms with Crippen molar-refractivity contribution in [3.05, 3.63) is 86.0 Å². The Balaban J connectivity index is 1.83. The lowest BCUT2D eigenvalue weighted by Crippen LogP contribution is -2.29. The van der Waals surface area contributed by atoms with Crippen LogP contribution in [0.2, 0.25) is 0 Å². The molecule has 4 rings (SSSR count). The summed E-state index contributed by atoms with van der Waals surface area (Å²) < 4.78 is 0. The number of nitro benzene ring substituents is 2. The Morgan fingerprint density at radius 1 is 1.04 bits per heavy atom. The van der Waals surface area contributed by atoms with Crippen molar-refractivity contribution < 1.29 is 9.85 Å². The normalized spacial score (nSPS) is 23.4. The standard InChI is InChI=1S/C18H15N3O4/c22-20(23)12-5-1-4-11(10-12)17-14-7-2-6-13(14)15-8-3-9-16(21(24)25)18(15)19-17/h1-6,8-10,13-14,17,19H,7H2/t13-,14-,17-/m0/s1. The Hall–Kier alpha value is -3.22. The number of para-hydroxylation sites is 1. The van der Waals surface area contributed by atoms with Crippen LogP contribution in [0.5, 0.6) is 0 Å². The van der Waals surface area contributed by atoms with Crippen LogP contribution in [0.25, 0.3) is 0 Å². The van der Waals surface area contributed by atoms with Crippen molar-refractivity contribution in [3.8, 4) is 0 Å². The number of nitrogens with one attached hydrogen (secondary N) is 1. The number of anilines is 1. The second kappa shape index (κ2) is 5.70. The van der Waals surface area contributed by atoms with Gasteiger partial charge in [-0.05, 0) is 23.5 Å². The summed E-state index contributed by atoms with van der Waals surface area (Å²) in [5.41, 5.74) is 2.25. The molecule has 0 saturated heterocycles.